The SMILES string of the molecule is CCC(C(=O)OCOC)C(C(=O)OCOC)(C(=O)OCOC)C(=O)OCOC. The summed E-state index contributed by atoms with van der Waals surface area (Å²) < 4.78 is 37.8. The number of methoxy groups -OCH3 is 4. The zero-order valence-electron chi connectivity index (χ0n) is 16.5. The highest BCUT2D eigenvalue weighted by atomic mass is 16.7. The molecule has 0 aliphatic carbocycles. The van der Waals surface area contributed by atoms with Gasteiger partial charge in [0.25, 0.3) is 5.41 Å². The smallest absolute Gasteiger partial charge is 0.338 e. The van der Waals surface area contributed by atoms with Crippen molar-refractivity contribution in [3.8, 4) is 0 Å². The zero-order chi connectivity index (χ0) is 21.6. The molecule has 0 aromatic rings. The van der Waals surface area contributed by atoms with Crippen LogP contribution in [0.25, 0.3) is 0 Å². The minimum atomic E-state index is -2.84. The summed E-state index contributed by atoms with van der Waals surface area (Å²) in [6.07, 6.45) is -0.186. The van der Waals surface area contributed by atoms with Gasteiger partial charge in [0.1, 0.15) is 0 Å². The summed E-state index contributed by atoms with van der Waals surface area (Å²) in [4.78, 5) is 50.9. The summed E-state index contributed by atoms with van der Waals surface area (Å²) in [5.41, 5.74) is -2.84. The minimum Gasteiger partial charge on any atom is -0.438 e. The second kappa shape index (κ2) is 13.8. The molecule has 0 N–H and O–H groups in total. The van der Waals surface area contributed by atoms with Gasteiger partial charge in [0, 0.05) is 28.4 Å². The van der Waals surface area contributed by atoms with Crippen LogP contribution in [-0.2, 0) is 57.1 Å². The van der Waals surface area contributed by atoms with Crippen molar-refractivity contribution < 1.29 is 57.1 Å². The molecule has 0 aromatic carbocycles. The van der Waals surface area contributed by atoms with Gasteiger partial charge in [-0.25, -0.2) is 0 Å². The largest absolute Gasteiger partial charge is 0.438 e. The predicted octanol–water partition coefficient (Wildman–Crippen LogP) is -0.413. The summed E-state index contributed by atoms with van der Waals surface area (Å²) in [6, 6.07) is 0. The zero-order valence-corrected chi connectivity index (χ0v) is 16.5. The first-order chi connectivity index (χ1) is 13.4. The number of carbonyl (C=O) groups excluding carboxylic acids is 4. The second-order valence-electron chi connectivity index (χ2n) is 5.15. The Labute approximate surface area is 162 Å². The molecule has 0 heterocycles. The standard InChI is InChI=1S/C16H26O12/c1-6-11(12(17)25-7-21-2)16(13(18)26-8-22-3,14(19)27-9-23-4)15(20)28-10-24-5/h11H,6-10H2,1-5H3. The molecule has 1 unspecified atom stereocenters. The predicted molar refractivity (Wildman–Crippen MR) is 88.1 cm³/mol. The molecule has 12 nitrogen and oxygen atoms in total. The van der Waals surface area contributed by atoms with E-state index in [9.17, 15) is 19.2 Å². The minimum absolute atomic E-state index is 0.186. The quantitative estimate of drug-likeness (QED) is 0.159. The number of esters is 4. The molecule has 1 atom stereocenters. The van der Waals surface area contributed by atoms with Crippen LogP contribution in [0.5, 0.6) is 0 Å². The molecule has 0 aliphatic rings. The Bertz CT molecular complexity index is 467. The Balaban J connectivity index is 6.31. The van der Waals surface area contributed by atoms with Crippen molar-refractivity contribution in [3.63, 3.8) is 0 Å². The van der Waals surface area contributed by atoms with Gasteiger partial charge in [-0.1, -0.05) is 6.92 Å². The highest BCUT2D eigenvalue weighted by Crippen LogP contribution is 2.37. The van der Waals surface area contributed by atoms with Crippen LogP contribution in [0.2, 0.25) is 0 Å². The van der Waals surface area contributed by atoms with Crippen molar-refractivity contribution in [2.24, 2.45) is 11.3 Å². The first-order valence-corrected chi connectivity index (χ1v) is 8.02. The van der Waals surface area contributed by atoms with E-state index in [0.29, 0.717) is 0 Å². The Kier molecular flexibility index (Phi) is 12.7. The molecule has 0 saturated heterocycles. The molecule has 12 heteroatoms. The third-order valence-electron chi connectivity index (χ3n) is 3.42. The van der Waals surface area contributed by atoms with E-state index < -0.39 is 62.4 Å². The highest BCUT2D eigenvalue weighted by Gasteiger charge is 2.65. The first-order valence-electron chi connectivity index (χ1n) is 8.02. The molecule has 0 bridgehead atoms. The van der Waals surface area contributed by atoms with Gasteiger partial charge in [-0.2, -0.15) is 0 Å². The molecule has 0 fully saturated rings. The second-order valence-corrected chi connectivity index (χ2v) is 5.15. The fraction of sp³-hybridized carbons (Fsp3) is 0.750. The van der Waals surface area contributed by atoms with E-state index in [1.54, 1.807) is 0 Å². The molecule has 0 amide bonds. The van der Waals surface area contributed by atoms with Gasteiger partial charge >= 0.3 is 23.9 Å². The lowest BCUT2D eigenvalue weighted by atomic mass is 9.73. The van der Waals surface area contributed by atoms with Crippen LogP contribution in [0.1, 0.15) is 13.3 Å². The van der Waals surface area contributed by atoms with E-state index >= 15 is 0 Å². The molecule has 0 aliphatic heterocycles. The molecule has 0 radical (unpaired) electrons. The number of carbonyl (C=O) groups is 4. The Morgan fingerprint density at radius 3 is 1.25 bits per heavy atom. The van der Waals surface area contributed by atoms with Gasteiger partial charge in [0.15, 0.2) is 27.2 Å². The Morgan fingerprint density at radius 2 is 0.964 bits per heavy atom. The molecule has 0 aromatic heterocycles. The molecule has 0 spiro atoms. The maximum absolute atomic E-state index is 12.8. The Hall–Kier alpha value is -2.28. The van der Waals surface area contributed by atoms with Crippen molar-refractivity contribution in [2.75, 3.05) is 55.6 Å². The molecular formula is C16H26O12. The lowest BCUT2D eigenvalue weighted by Gasteiger charge is -2.32. The fourth-order valence-corrected chi connectivity index (χ4v) is 2.22. The van der Waals surface area contributed by atoms with Gasteiger partial charge in [0.05, 0.1) is 5.92 Å². The van der Waals surface area contributed by atoms with Crippen LogP contribution >= 0.6 is 0 Å². The van der Waals surface area contributed by atoms with Gasteiger partial charge in [-0.15, -0.1) is 0 Å². The number of rotatable bonds is 14. The Morgan fingerprint density at radius 1 is 0.643 bits per heavy atom. The molecular weight excluding hydrogens is 384 g/mol. The van der Waals surface area contributed by atoms with Crippen molar-refractivity contribution >= 4 is 23.9 Å². The third kappa shape index (κ3) is 6.41. The topological polar surface area (TPSA) is 142 Å². The summed E-state index contributed by atoms with van der Waals surface area (Å²) >= 11 is 0. The summed E-state index contributed by atoms with van der Waals surface area (Å²) in [5.74, 6) is -6.99. The number of ether oxygens (including phenoxy) is 8. The van der Waals surface area contributed by atoms with Crippen LogP contribution in [0.3, 0.4) is 0 Å². The average Bonchev–Trinajstić information content (AvgIpc) is 2.70. The normalized spacial score (nSPS) is 12.0. The van der Waals surface area contributed by atoms with E-state index in [2.05, 4.69) is 18.9 Å². The van der Waals surface area contributed by atoms with Gasteiger partial charge in [-0.05, 0) is 6.42 Å². The average molecular weight is 410 g/mol. The maximum Gasteiger partial charge on any atom is 0.338 e. The first kappa shape index (κ1) is 25.7. The maximum atomic E-state index is 12.8. The molecule has 0 rings (SSSR count). The van der Waals surface area contributed by atoms with Gasteiger partial charge < -0.3 is 37.9 Å². The van der Waals surface area contributed by atoms with E-state index in [0.717, 1.165) is 0 Å². The van der Waals surface area contributed by atoms with E-state index in [-0.39, 0.29) is 6.42 Å². The molecule has 162 valence electrons. The van der Waals surface area contributed by atoms with Crippen LogP contribution < -0.4 is 0 Å². The lowest BCUT2D eigenvalue weighted by molar-refractivity contribution is -0.206. The summed E-state index contributed by atoms with van der Waals surface area (Å²) in [6.45, 7) is -0.819. The molecule has 28 heavy (non-hydrogen) atoms. The van der Waals surface area contributed by atoms with Crippen molar-refractivity contribution in [3.05, 3.63) is 0 Å². The highest BCUT2D eigenvalue weighted by molar-refractivity contribution is 6.20. The number of hydrogen-bond acceptors (Lipinski definition) is 12. The lowest BCUT2D eigenvalue weighted by Crippen LogP contribution is -2.57. The third-order valence-corrected chi connectivity index (χ3v) is 3.42. The van der Waals surface area contributed by atoms with E-state index in [1.165, 1.54) is 35.4 Å². The molecule has 0 saturated carbocycles. The van der Waals surface area contributed by atoms with Crippen molar-refractivity contribution in [1.29, 1.82) is 0 Å². The summed E-state index contributed by atoms with van der Waals surface area (Å²) in [7, 11) is 4.90. The van der Waals surface area contributed by atoms with Crippen LogP contribution in [0.4, 0.5) is 0 Å². The van der Waals surface area contributed by atoms with E-state index in [1.807, 2.05) is 0 Å². The van der Waals surface area contributed by atoms with Crippen LogP contribution in [0, 0.1) is 11.3 Å². The van der Waals surface area contributed by atoms with Crippen molar-refractivity contribution in [1.82, 2.24) is 0 Å². The van der Waals surface area contributed by atoms with Gasteiger partial charge in [-0.3, -0.25) is 19.2 Å². The fourth-order valence-electron chi connectivity index (χ4n) is 2.22. The van der Waals surface area contributed by atoms with Crippen LogP contribution in [0.15, 0.2) is 0 Å². The van der Waals surface area contributed by atoms with Gasteiger partial charge in [0.2, 0.25) is 0 Å². The summed E-state index contributed by atoms with van der Waals surface area (Å²) in [5, 5.41) is 0. The van der Waals surface area contributed by atoms with Crippen molar-refractivity contribution in [2.45, 2.75) is 13.3 Å². The number of hydrogen-bond donors (Lipinski definition) is 0. The van der Waals surface area contributed by atoms with Crippen LogP contribution in [-0.4, -0.2) is 79.5 Å². The monoisotopic (exact) mass is 410 g/mol. The van der Waals surface area contributed by atoms with E-state index in [4.69, 9.17) is 18.9 Å².